The Labute approximate surface area is 561 Å². The number of ether oxygens (including phenoxy) is 1. The Hall–Kier alpha value is -8.71. The molecule has 3 amide bonds. The summed E-state index contributed by atoms with van der Waals surface area (Å²) in [6.45, 7) is 11.7. The normalized spacial score (nSPS) is 18.7. The Bertz CT molecular complexity index is 4230. The number of nitrogens with zero attached hydrogens (tertiary/aromatic N) is 12. The molecule has 0 bridgehead atoms. The summed E-state index contributed by atoms with van der Waals surface area (Å²) in [5.41, 5.74) is -0.210. The molecule has 0 atom stereocenters. The lowest BCUT2D eigenvalue weighted by atomic mass is 9.81. The van der Waals surface area contributed by atoms with E-state index < -0.39 is 87.7 Å². The molecule has 6 aliphatic heterocycles. The van der Waals surface area contributed by atoms with E-state index in [-0.39, 0.29) is 53.7 Å². The van der Waals surface area contributed by atoms with E-state index in [0.29, 0.717) is 119 Å². The summed E-state index contributed by atoms with van der Waals surface area (Å²) in [4.78, 5) is 78.6. The number of ketones is 2. The lowest BCUT2D eigenvalue weighted by molar-refractivity contribution is -0.145. The highest BCUT2D eigenvalue weighted by Crippen LogP contribution is 2.47. The van der Waals surface area contributed by atoms with Crippen molar-refractivity contribution < 1.29 is 86.5 Å². The number of amides is 3. The number of hydrogen-bond acceptors (Lipinski definition) is 12. The Balaban J connectivity index is 0.000000150. The molecule has 3 spiro atoms. The van der Waals surface area contributed by atoms with Crippen LogP contribution in [0.25, 0.3) is 5.65 Å². The van der Waals surface area contributed by atoms with Gasteiger partial charge >= 0.3 is 24.7 Å². The van der Waals surface area contributed by atoms with Gasteiger partial charge in [-0.25, -0.2) is 9.50 Å². The summed E-state index contributed by atoms with van der Waals surface area (Å²) in [5.74, 6) is -4.36. The summed E-state index contributed by atoms with van der Waals surface area (Å²) < 4.78 is 171. The third kappa shape index (κ3) is 13.3. The molecule has 0 unspecified atom stereocenters. The molecule has 0 radical (unpaired) electrons. The molecule has 3 fully saturated rings. The molecule has 1 N–H and O–H groups in total. The first kappa shape index (κ1) is 71.6. The monoisotopic (exact) mass is 1400 g/mol. The van der Waals surface area contributed by atoms with E-state index in [0.717, 1.165) is 42.7 Å². The maximum atomic E-state index is 13.6. The van der Waals surface area contributed by atoms with Crippen LogP contribution in [0.15, 0.2) is 91.3 Å². The summed E-state index contributed by atoms with van der Waals surface area (Å²) in [6, 6.07) is 17.2. The second kappa shape index (κ2) is 26.4. The predicted octanol–water partition coefficient (Wildman–Crippen LogP) is 11.5. The number of fused-ring (bicyclic) bond motifs is 7. The molecule has 19 nitrogen and oxygen atoms in total. The van der Waals surface area contributed by atoms with E-state index in [1.54, 1.807) is 47.3 Å². The maximum Gasteiger partial charge on any atom is 0.456 e. The Morgan fingerprint density at radius 2 is 0.949 bits per heavy atom. The highest BCUT2D eigenvalue weighted by Gasteiger charge is 2.51. The van der Waals surface area contributed by atoms with E-state index in [9.17, 15) is 81.8 Å². The first-order valence-electron chi connectivity index (χ1n) is 32.3. The second-order valence-corrected chi connectivity index (χ2v) is 26.4. The summed E-state index contributed by atoms with van der Waals surface area (Å²) in [7, 11) is 5.82. The number of hydrogen-bond donors (Lipinski definition) is 1. The highest BCUT2D eigenvalue weighted by atomic mass is 19.4. The van der Waals surface area contributed by atoms with Gasteiger partial charge in [-0.1, -0.05) is 0 Å². The SMILES string of the molecule is CC(=O)c1ccc2n1CCN(C)C21CCN(C(=O)c2ccc(OC(C)C)c(C(F)(F)F)c2)CC1.CN1CCn2c(C(=O)C(F)(F)F)ccc2C12CCN(C(=O)c1ccc(O)c(C(F)(F)F)c1)CC2.Cc1ccnc2c(C(=O)N3CCC4(CC3)c3ccc(C(F)(F)F)n3CCN4C)cnn12. The van der Waals surface area contributed by atoms with Crippen molar-refractivity contribution in [3.05, 3.63) is 159 Å². The van der Waals surface area contributed by atoms with Crippen molar-refractivity contribution >= 4 is 34.9 Å². The number of aryl methyl sites for hydroxylation is 1. The van der Waals surface area contributed by atoms with E-state index in [1.165, 1.54) is 50.6 Å². The van der Waals surface area contributed by atoms with Gasteiger partial charge < -0.3 is 38.2 Å². The van der Waals surface area contributed by atoms with E-state index >= 15 is 0 Å². The van der Waals surface area contributed by atoms with Gasteiger partial charge in [0.2, 0.25) is 0 Å². The Kier molecular flexibility index (Phi) is 19.1. The van der Waals surface area contributed by atoms with E-state index in [1.807, 2.05) is 51.2 Å². The van der Waals surface area contributed by atoms with Crippen LogP contribution in [0.1, 0.15) is 151 Å². The number of likely N-dealkylation sites (N-methyl/N-ethyl adjacent to an activating group) is 3. The Morgan fingerprint density at radius 3 is 1.41 bits per heavy atom. The number of phenols is 1. The van der Waals surface area contributed by atoms with Gasteiger partial charge in [0.15, 0.2) is 11.4 Å². The van der Waals surface area contributed by atoms with Gasteiger partial charge in [0.05, 0.1) is 51.4 Å². The van der Waals surface area contributed by atoms with Gasteiger partial charge in [0, 0.05) is 126 Å². The lowest BCUT2D eigenvalue weighted by Gasteiger charge is -2.50. The van der Waals surface area contributed by atoms with Gasteiger partial charge in [-0.3, -0.25) is 38.7 Å². The number of carbonyl (C=O) groups excluding carboxylic acids is 5. The molecule has 0 aliphatic carbocycles. The van der Waals surface area contributed by atoms with Crippen LogP contribution in [0.5, 0.6) is 11.5 Å². The minimum Gasteiger partial charge on any atom is -0.507 e. The molecule has 3 saturated heterocycles. The van der Waals surface area contributed by atoms with Crippen LogP contribution in [0.3, 0.4) is 0 Å². The van der Waals surface area contributed by atoms with Crippen LogP contribution in [-0.4, -0.2) is 184 Å². The number of rotatable bonds is 7. The van der Waals surface area contributed by atoms with Gasteiger partial charge in [0.25, 0.3) is 23.5 Å². The van der Waals surface area contributed by atoms with E-state index in [2.05, 4.69) is 24.4 Å². The van der Waals surface area contributed by atoms with Crippen LogP contribution in [-0.2, 0) is 54.8 Å². The topological polar surface area (TPSA) is 179 Å². The quantitative estimate of drug-likeness (QED) is 0.118. The fraction of sp³-hybridized carbons (Fsp3) is 0.485. The van der Waals surface area contributed by atoms with Crippen LogP contribution < -0.4 is 4.74 Å². The van der Waals surface area contributed by atoms with Gasteiger partial charge in [0.1, 0.15) is 22.8 Å². The number of phenolic OH excluding ortho intramolecular Hbond substituents is 1. The molecule has 11 heterocycles. The predicted molar refractivity (Wildman–Crippen MR) is 335 cm³/mol. The molecular formula is C68H74F12N12O7. The van der Waals surface area contributed by atoms with Crippen LogP contribution in [0, 0.1) is 6.92 Å². The number of carbonyl (C=O) groups is 5. The van der Waals surface area contributed by atoms with Crippen LogP contribution in [0.4, 0.5) is 52.7 Å². The summed E-state index contributed by atoms with van der Waals surface area (Å²) in [6.07, 6.45) is -13.0. The first-order valence-corrected chi connectivity index (χ1v) is 32.3. The molecule has 13 rings (SSSR count). The van der Waals surface area contributed by atoms with Crippen LogP contribution in [0.2, 0.25) is 0 Å². The van der Waals surface area contributed by atoms with Crippen molar-refractivity contribution in [2.75, 3.05) is 80.0 Å². The molecule has 5 aromatic heterocycles. The van der Waals surface area contributed by atoms with Crippen molar-refractivity contribution in [2.45, 2.75) is 133 Å². The Morgan fingerprint density at radius 1 is 0.515 bits per heavy atom. The smallest absolute Gasteiger partial charge is 0.456 e. The number of benzene rings is 2. The van der Waals surface area contributed by atoms with Gasteiger partial charge in [-0.05, 0) is 159 Å². The summed E-state index contributed by atoms with van der Waals surface area (Å²) >= 11 is 0. The van der Waals surface area contributed by atoms with Crippen molar-refractivity contribution in [1.29, 1.82) is 0 Å². The fourth-order valence-corrected chi connectivity index (χ4v) is 15.2. The van der Waals surface area contributed by atoms with Crippen molar-refractivity contribution in [1.82, 2.24) is 57.7 Å². The number of likely N-dealkylation sites (tertiary alicyclic amines) is 3. The molecule has 99 heavy (non-hydrogen) atoms. The number of alkyl halides is 12. The standard InChI is InChI=1S/C25H30F3N3O3.C22H21F6N3O3.C21H23F3N6O/c1-16(2)34-21-7-5-18(15-19(21)25(26,27)28)23(33)30-11-9-24(10-12-30)22-8-6-20(17(3)32)31(22)14-13-29(24)4;1-29-10-11-31-15(18(33)22(26,27)28)3-5-17(31)20(29)6-8-30(9-7-20)19(34)13-2-4-16(32)14(12-13)21(23,24)25;1-14-5-8-25-18-15(13-26-30(14)18)19(31)28-9-6-20(7-10-28)16-3-4-17(21(22,23)24)29(16)12-11-27(20)2/h5-8,15-16H,9-14H2,1-4H3;2-5,12,32H,6-11H2,1H3;3-5,8,13H,6-7,9-12H2,1-2H3. The minimum atomic E-state index is -5.00. The molecule has 2 aromatic carbocycles. The van der Waals surface area contributed by atoms with Gasteiger partial charge in [-0.15, -0.1) is 0 Å². The van der Waals surface area contributed by atoms with Crippen molar-refractivity contribution in [3.8, 4) is 11.5 Å². The molecule has 6 aliphatic rings. The van der Waals surface area contributed by atoms with E-state index in [4.69, 9.17) is 4.74 Å². The average molecular weight is 1400 g/mol. The zero-order chi connectivity index (χ0) is 71.9. The highest BCUT2D eigenvalue weighted by molar-refractivity contribution is 6.00. The molecule has 0 saturated carbocycles. The lowest BCUT2D eigenvalue weighted by Crippen LogP contribution is -2.56. The third-order valence-electron chi connectivity index (χ3n) is 20.6. The largest absolute Gasteiger partial charge is 0.507 e. The van der Waals surface area contributed by atoms with Crippen molar-refractivity contribution in [2.24, 2.45) is 0 Å². The molecule has 532 valence electrons. The average Bonchev–Trinajstić information content (AvgIpc) is 1.69. The number of piperidine rings is 3. The number of Topliss-reactive ketones (excluding diaryl/α,β-unsaturated/α-hetero) is 2. The molecule has 31 heteroatoms. The minimum absolute atomic E-state index is 0.00128. The second-order valence-electron chi connectivity index (χ2n) is 26.4. The summed E-state index contributed by atoms with van der Waals surface area (Å²) in [5, 5.41) is 13.8. The third-order valence-corrected chi connectivity index (χ3v) is 20.6. The van der Waals surface area contributed by atoms with Gasteiger partial charge in [-0.2, -0.15) is 57.8 Å². The fourth-order valence-electron chi connectivity index (χ4n) is 15.2. The van der Waals surface area contributed by atoms with Crippen LogP contribution >= 0.6 is 0 Å². The number of aromatic nitrogens is 6. The first-order chi connectivity index (χ1) is 46.4. The number of aromatic hydroxyl groups is 1. The molecular weight excluding hydrogens is 1320 g/mol. The van der Waals surface area contributed by atoms with Crippen molar-refractivity contribution in [3.63, 3.8) is 0 Å². The maximum absolute atomic E-state index is 13.6. The zero-order valence-corrected chi connectivity index (χ0v) is 55.3. The number of halogens is 12. The zero-order valence-electron chi connectivity index (χ0n) is 55.3. The molecule has 7 aromatic rings.